The van der Waals surface area contributed by atoms with Crippen LogP contribution >= 0.6 is 0 Å². The van der Waals surface area contributed by atoms with Crippen LogP contribution in [0.4, 0.5) is 0 Å². The maximum absolute atomic E-state index is 10.1. The molecule has 0 aromatic heterocycles. The van der Waals surface area contributed by atoms with E-state index < -0.39 is 0 Å². The van der Waals surface area contributed by atoms with Gasteiger partial charge in [-0.3, -0.25) is 0 Å². The molecule has 0 amide bonds. The highest BCUT2D eigenvalue weighted by Gasteiger charge is 2.33. The van der Waals surface area contributed by atoms with Crippen LogP contribution < -0.4 is 9.47 Å². The zero-order chi connectivity index (χ0) is 12.0. The van der Waals surface area contributed by atoms with Crippen LogP contribution in [0.2, 0.25) is 0 Å². The van der Waals surface area contributed by atoms with Gasteiger partial charge < -0.3 is 19.7 Å². The highest BCUT2D eigenvalue weighted by Crippen LogP contribution is 2.50. The first-order valence-corrected chi connectivity index (χ1v) is 6.01. The molecule has 2 heterocycles. The summed E-state index contributed by atoms with van der Waals surface area (Å²) in [7, 11) is 0. The first-order chi connectivity index (χ1) is 8.24. The van der Waals surface area contributed by atoms with Gasteiger partial charge in [0.25, 0.3) is 0 Å². The zero-order valence-corrected chi connectivity index (χ0v) is 9.82. The summed E-state index contributed by atoms with van der Waals surface area (Å²) in [4.78, 5) is 0. The number of ether oxygens (including phenoxy) is 2. The first-order valence-electron chi connectivity index (χ1n) is 6.01. The van der Waals surface area contributed by atoms with Gasteiger partial charge in [-0.25, -0.2) is 0 Å². The van der Waals surface area contributed by atoms with E-state index >= 15 is 0 Å². The minimum absolute atomic E-state index is 0.0119. The fraction of sp³-hybridized carbons (Fsp3) is 0.538. The van der Waals surface area contributed by atoms with E-state index in [4.69, 9.17) is 9.47 Å². The van der Waals surface area contributed by atoms with Gasteiger partial charge in [0.1, 0.15) is 5.75 Å². The third-order valence-corrected chi connectivity index (χ3v) is 3.58. The van der Waals surface area contributed by atoms with Crippen LogP contribution in [-0.4, -0.2) is 30.0 Å². The maximum Gasteiger partial charge on any atom is 0.165 e. The number of hydrogen-bond donors (Lipinski definition) is 2. The number of phenols is 1. The van der Waals surface area contributed by atoms with Crippen molar-refractivity contribution in [2.24, 2.45) is 0 Å². The number of rotatable bonds is 2. The average molecular weight is 236 g/mol. The Morgan fingerprint density at radius 3 is 2.47 bits per heavy atom. The smallest absolute Gasteiger partial charge is 0.165 e. The van der Waals surface area contributed by atoms with Gasteiger partial charge >= 0.3 is 0 Å². The second kappa shape index (κ2) is 3.81. The van der Waals surface area contributed by atoms with E-state index in [0.717, 1.165) is 28.9 Å². The van der Waals surface area contributed by atoms with Crippen molar-refractivity contribution >= 4 is 0 Å². The van der Waals surface area contributed by atoms with Crippen LogP contribution in [0.3, 0.4) is 0 Å². The van der Waals surface area contributed by atoms with E-state index in [9.17, 15) is 10.2 Å². The molecule has 2 aliphatic heterocycles. The van der Waals surface area contributed by atoms with Gasteiger partial charge in [0.2, 0.25) is 0 Å². The van der Waals surface area contributed by atoms with Crippen molar-refractivity contribution in [1.82, 2.24) is 0 Å². The summed E-state index contributed by atoms with van der Waals surface area (Å²) in [6.07, 6.45) is 1.49. The van der Waals surface area contributed by atoms with Crippen LogP contribution in [0.1, 0.15) is 29.5 Å². The highest BCUT2D eigenvalue weighted by molar-refractivity contribution is 5.65. The Labute approximate surface area is 99.8 Å². The lowest BCUT2D eigenvalue weighted by Gasteiger charge is -2.18. The minimum atomic E-state index is 0.0119. The molecule has 4 heteroatoms. The molecule has 0 aliphatic carbocycles. The Morgan fingerprint density at radius 1 is 1.12 bits per heavy atom. The topological polar surface area (TPSA) is 58.9 Å². The molecule has 0 bridgehead atoms. The lowest BCUT2D eigenvalue weighted by molar-refractivity contribution is 0.268. The number of benzene rings is 1. The second-order valence-corrected chi connectivity index (χ2v) is 4.66. The molecule has 1 aromatic rings. The molecule has 1 unspecified atom stereocenters. The van der Waals surface area contributed by atoms with Crippen LogP contribution in [-0.2, 0) is 12.8 Å². The van der Waals surface area contributed by atoms with Crippen molar-refractivity contribution in [3.63, 3.8) is 0 Å². The van der Waals surface area contributed by atoms with Gasteiger partial charge in [-0.2, -0.15) is 0 Å². The van der Waals surface area contributed by atoms with Crippen LogP contribution in [0.25, 0.3) is 0 Å². The Balaban J connectivity index is 2.26. The molecule has 3 rings (SSSR count). The van der Waals surface area contributed by atoms with Gasteiger partial charge in [0.05, 0.1) is 13.2 Å². The van der Waals surface area contributed by atoms with Crippen molar-refractivity contribution < 1.29 is 19.7 Å². The number of phenolic OH excluding ortho intramolecular Hbond substituents is 1. The third kappa shape index (κ3) is 1.40. The first kappa shape index (κ1) is 10.7. The van der Waals surface area contributed by atoms with E-state index in [0.29, 0.717) is 25.4 Å². The van der Waals surface area contributed by atoms with Gasteiger partial charge in [0.15, 0.2) is 11.5 Å². The minimum Gasteiger partial charge on any atom is -0.504 e. The quantitative estimate of drug-likeness (QED) is 0.814. The van der Waals surface area contributed by atoms with Crippen molar-refractivity contribution in [3.8, 4) is 17.2 Å². The third-order valence-electron chi connectivity index (χ3n) is 3.58. The summed E-state index contributed by atoms with van der Waals surface area (Å²) < 4.78 is 11.1. The predicted molar refractivity (Wildman–Crippen MR) is 62.0 cm³/mol. The van der Waals surface area contributed by atoms with Gasteiger partial charge in [-0.05, 0) is 0 Å². The average Bonchev–Trinajstić information content (AvgIpc) is 2.96. The molecule has 17 heavy (non-hydrogen) atoms. The van der Waals surface area contributed by atoms with Gasteiger partial charge in [0, 0.05) is 42.1 Å². The van der Waals surface area contributed by atoms with E-state index in [-0.39, 0.29) is 18.3 Å². The maximum atomic E-state index is 10.1. The standard InChI is InChI=1S/C13H16O4/c1-7(6-14)10-8-2-4-17-13(8)11(15)9-3-5-16-12(9)10/h7,14-15H,2-6H2,1H3. The molecule has 0 fully saturated rings. The molecular formula is C13H16O4. The van der Waals surface area contributed by atoms with Crippen LogP contribution in [0, 0.1) is 0 Å². The fourth-order valence-corrected chi connectivity index (χ4v) is 2.73. The number of aromatic hydroxyl groups is 1. The van der Waals surface area contributed by atoms with Crippen LogP contribution in [0.5, 0.6) is 17.2 Å². The monoisotopic (exact) mass is 236 g/mol. The lowest BCUT2D eigenvalue weighted by atomic mass is 9.90. The summed E-state index contributed by atoms with van der Waals surface area (Å²) in [6.45, 7) is 3.23. The van der Waals surface area contributed by atoms with Gasteiger partial charge in [-0.1, -0.05) is 6.92 Å². The van der Waals surface area contributed by atoms with Crippen molar-refractivity contribution in [3.05, 3.63) is 16.7 Å². The Kier molecular flexibility index (Phi) is 2.40. The van der Waals surface area contributed by atoms with Gasteiger partial charge in [-0.15, -0.1) is 0 Å². The van der Waals surface area contributed by atoms with E-state index in [1.54, 1.807) is 0 Å². The van der Waals surface area contributed by atoms with Crippen molar-refractivity contribution in [2.45, 2.75) is 25.7 Å². The SMILES string of the molecule is CC(CO)c1c2c(c(O)c3c1OCC3)OCC2. The fourth-order valence-electron chi connectivity index (χ4n) is 2.73. The van der Waals surface area contributed by atoms with Crippen molar-refractivity contribution in [2.75, 3.05) is 19.8 Å². The Hall–Kier alpha value is -1.42. The Morgan fingerprint density at radius 2 is 1.76 bits per heavy atom. The van der Waals surface area contributed by atoms with E-state index in [1.807, 2.05) is 6.92 Å². The molecule has 1 atom stereocenters. The molecule has 0 saturated heterocycles. The summed E-state index contributed by atoms with van der Waals surface area (Å²) in [5, 5.41) is 19.5. The zero-order valence-electron chi connectivity index (χ0n) is 9.82. The Bertz CT molecular complexity index is 432. The molecule has 1 aromatic carbocycles. The summed E-state index contributed by atoms with van der Waals surface area (Å²) in [5.41, 5.74) is 2.86. The van der Waals surface area contributed by atoms with Crippen LogP contribution in [0.15, 0.2) is 0 Å². The molecule has 4 nitrogen and oxygen atoms in total. The number of aliphatic hydroxyl groups excluding tert-OH is 1. The summed E-state index contributed by atoms with van der Waals surface area (Å²) >= 11 is 0. The van der Waals surface area contributed by atoms with Crippen molar-refractivity contribution in [1.29, 1.82) is 0 Å². The lowest BCUT2D eigenvalue weighted by Crippen LogP contribution is -2.05. The van der Waals surface area contributed by atoms with E-state index in [2.05, 4.69) is 0 Å². The van der Waals surface area contributed by atoms with E-state index in [1.165, 1.54) is 0 Å². The molecule has 0 radical (unpaired) electrons. The largest absolute Gasteiger partial charge is 0.504 e. The molecule has 0 saturated carbocycles. The normalized spacial score (nSPS) is 18.2. The number of hydrogen-bond acceptors (Lipinski definition) is 4. The summed E-state index contributed by atoms with van der Waals surface area (Å²) in [6, 6.07) is 0. The molecule has 92 valence electrons. The molecule has 2 N–H and O–H groups in total. The number of aliphatic hydroxyl groups is 1. The predicted octanol–water partition coefficient (Wildman–Crippen LogP) is 1.36. The second-order valence-electron chi connectivity index (χ2n) is 4.66. The molecule has 2 aliphatic rings. The molecular weight excluding hydrogens is 220 g/mol. The summed E-state index contributed by atoms with van der Waals surface area (Å²) in [5.74, 6) is 1.62. The number of fused-ring (bicyclic) bond motifs is 2. The molecule has 0 spiro atoms. The highest BCUT2D eigenvalue weighted by atomic mass is 16.5.